The molecule has 0 unspecified atom stereocenters. The summed E-state index contributed by atoms with van der Waals surface area (Å²) >= 11 is 2.18. The number of likely N-dealkylation sites (tertiary alicyclic amines) is 1. The fourth-order valence-electron chi connectivity index (χ4n) is 1.81. The molecular weight excluding hydrogens is 337 g/mol. The van der Waals surface area contributed by atoms with Gasteiger partial charge in [0, 0.05) is 9.97 Å². The van der Waals surface area contributed by atoms with Gasteiger partial charge in [0.2, 0.25) is 0 Å². The SMILES string of the molecule is C[C@H]1[C@H](I)C[C@@H](C(=O)O)N1C(=O)OC(C)(C)C. The second-order valence-corrected chi connectivity index (χ2v) is 6.83. The molecule has 0 aromatic heterocycles. The van der Waals surface area contributed by atoms with Crippen molar-refractivity contribution in [1.29, 1.82) is 0 Å². The Bertz CT molecular complexity index is 326. The number of carboxylic acid groups (broad SMARTS) is 1. The summed E-state index contributed by atoms with van der Waals surface area (Å²) in [6.45, 7) is 7.15. The molecule has 5 nitrogen and oxygen atoms in total. The topological polar surface area (TPSA) is 66.8 Å². The van der Waals surface area contributed by atoms with Crippen LogP contribution < -0.4 is 0 Å². The van der Waals surface area contributed by atoms with Crippen molar-refractivity contribution in [3.63, 3.8) is 0 Å². The number of carbonyl (C=O) groups excluding carboxylic acids is 1. The summed E-state index contributed by atoms with van der Waals surface area (Å²) in [5, 5.41) is 9.11. The molecule has 0 saturated carbocycles. The number of carboxylic acids is 1. The zero-order valence-corrected chi connectivity index (χ0v) is 12.6. The van der Waals surface area contributed by atoms with E-state index in [0.717, 1.165) is 0 Å². The lowest BCUT2D eigenvalue weighted by atomic mass is 10.2. The summed E-state index contributed by atoms with van der Waals surface area (Å²) in [7, 11) is 0. The van der Waals surface area contributed by atoms with Crippen molar-refractivity contribution >= 4 is 34.7 Å². The number of nitrogens with zero attached hydrogens (tertiary/aromatic N) is 1. The van der Waals surface area contributed by atoms with Gasteiger partial charge >= 0.3 is 12.1 Å². The van der Waals surface area contributed by atoms with Gasteiger partial charge in [0.05, 0.1) is 0 Å². The molecule has 0 aromatic rings. The molecule has 1 saturated heterocycles. The maximum absolute atomic E-state index is 12.0. The second-order valence-electron chi connectivity index (χ2n) is 5.23. The lowest BCUT2D eigenvalue weighted by Gasteiger charge is -2.29. The molecule has 1 heterocycles. The average molecular weight is 355 g/mol. The monoisotopic (exact) mass is 355 g/mol. The lowest BCUT2D eigenvalue weighted by Crippen LogP contribution is -2.46. The van der Waals surface area contributed by atoms with Gasteiger partial charge in [0.1, 0.15) is 11.6 Å². The molecule has 0 spiro atoms. The van der Waals surface area contributed by atoms with Crippen LogP contribution in [0.5, 0.6) is 0 Å². The van der Waals surface area contributed by atoms with Crippen LogP contribution in [-0.2, 0) is 9.53 Å². The van der Waals surface area contributed by atoms with Gasteiger partial charge in [-0.05, 0) is 34.1 Å². The van der Waals surface area contributed by atoms with Crippen LogP contribution in [0.4, 0.5) is 4.79 Å². The Kier molecular flexibility index (Phi) is 4.27. The van der Waals surface area contributed by atoms with Crippen LogP contribution in [0, 0.1) is 0 Å². The molecule has 0 bridgehead atoms. The number of alkyl halides is 1. The molecule has 0 aromatic carbocycles. The second kappa shape index (κ2) is 4.99. The van der Waals surface area contributed by atoms with Crippen LogP contribution in [0.25, 0.3) is 0 Å². The van der Waals surface area contributed by atoms with Crippen LogP contribution in [0.2, 0.25) is 0 Å². The summed E-state index contributed by atoms with van der Waals surface area (Å²) in [4.78, 5) is 24.4. The molecule has 17 heavy (non-hydrogen) atoms. The first kappa shape index (κ1) is 14.5. The zero-order valence-electron chi connectivity index (χ0n) is 10.4. The minimum absolute atomic E-state index is 0.119. The van der Waals surface area contributed by atoms with E-state index in [-0.39, 0.29) is 9.97 Å². The molecule has 3 atom stereocenters. The standard InChI is InChI=1S/C11H18INO4/c1-6-7(12)5-8(9(14)15)13(6)10(16)17-11(2,3)4/h6-8H,5H2,1-4H3,(H,14,15)/t6-,7+,8-/m0/s1. The predicted molar refractivity (Wildman–Crippen MR) is 71.4 cm³/mol. The number of amides is 1. The van der Waals surface area contributed by atoms with Crippen LogP contribution in [0.15, 0.2) is 0 Å². The molecule has 1 fully saturated rings. The minimum atomic E-state index is -0.970. The Morgan fingerprint density at radius 2 is 1.94 bits per heavy atom. The number of carbonyl (C=O) groups is 2. The molecule has 98 valence electrons. The molecule has 6 heteroatoms. The van der Waals surface area contributed by atoms with Gasteiger partial charge in [-0.1, -0.05) is 22.6 Å². The number of halogens is 1. The van der Waals surface area contributed by atoms with E-state index in [2.05, 4.69) is 22.6 Å². The fraction of sp³-hybridized carbons (Fsp3) is 0.818. The van der Waals surface area contributed by atoms with Crippen molar-refractivity contribution in [2.24, 2.45) is 0 Å². The van der Waals surface area contributed by atoms with E-state index in [0.29, 0.717) is 6.42 Å². The van der Waals surface area contributed by atoms with E-state index in [9.17, 15) is 9.59 Å². The maximum atomic E-state index is 12.0. The van der Waals surface area contributed by atoms with Gasteiger partial charge in [-0.25, -0.2) is 9.59 Å². The number of rotatable bonds is 1. The average Bonchev–Trinajstić information content (AvgIpc) is 2.40. The minimum Gasteiger partial charge on any atom is -0.480 e. The van der Waals surface area contributed by atoms with Crippen LogP contribution in [-0.4, -0.2) is 43.7 Å². The van der Waals surface area contributed by atoms with E-state index >= 15 is 0 Å². The van der Waals surface area contributed by atoms with E-state index < -0.39 is 23.7 Å². The normalized spacial score (nSPS) is 29.2. The van der Waals surface area contributed by atoms with Crippen LogP contribution >= 0.6 is 22.6 Å². The number of hydrogen-bond acceptors (Lipinski definition) is 3. The third kappa shape index (κ3) is 3.46. The molecule has 0 aliphatic carbocycles. The van der Waals surface area contributed by atoms with Crippen molar-refractivity contribution in [1.82, 2.24) is 4.90 Å². The van der Waals surface area contributed by atoms with Crippen molar-refractivity contribution in [3.8, 4) is 0 Å². The zero-order chi connectivity index (χ0) is 13.4. The first-order chi connectivity index (χ1) is 7.63. The Morgan fingerprint density at radius 1 is 1.41 bits per heavy atom. The highest BCUT2D eigenvalue weighted by molar-refractivity contribution is 14.1. The van der Waals surface area contributed by atoms with Crippen molar-refractivity contribution < 1.29 is 19.4 Å². The Hall–Kier alpha value is -0.530. The highest BCUT2D eigenvalue weighted by Crippen LogP contribution is 2.31. The highest BCUT2D eigenvalue weighted by Gasteiger charge is 2.45. The van der Waals surface area contributed by atoms with Gasteiger partial charge in [-0.3, -0.25) is 4.90 Å². The largest absolute Gasteiger partial charge is 0.480 e. The summed E-state index contributed by atoms with van der Waals surface area (Å²) in [6, 6.07) is -0.895. The summed E-state index contributed by atoms with van der Waals surface area (Å²) in [6.07, 6.45) is -0.0763. The number of aliphatic carboxylic acids is 1. The predicted octanol–water partition coefficient (Wildman–Crippen LogP) is 2.27. The molecule has 0 radical (unpaired) electrons. The van der Waals surface area contributed by atoms with Gasteiger partial charge in [0.25, 0.3) is 0 Å². The summed E-state index contributed by atoms with van der Waals surface area (Å²) < 4.78 is 5.38. The first-order valence-corrected chi connectivity index (χ1v) is 6.76. The van der Waals surface area contributed by atoms with Crippen molar-refractivity contribution in [2.75, 3.05) is 0 Å². The van der Waals surface area contributed by atoms with E-state index in [1.165, 1.54) is 4.90 Å². The highest BCUT2D eigenvalue weighted by atomic mass is 127. The van der Waals surface area contributed by atoms with E-state index in [4.69, 9.17) is 9.84 Å². The molecule has 1 aliphatic heterocycles. The van der Waals surface area contributed by atoms with E-state index in [1.54, 1.807) is 20.8 Å². The molecule has 1 amide bonds. The van der Waals surface area contributed by atoms with Gasteiger partial charge in [0.15, 0.2) is 0 Å². The lowest BCUT2D eigenvalue weighted by molar-refractivity contribution is -0.142. The molecule has 1 N–H and O–H groups in total. The maximum Gasteiger partial charge on any atom is 0.411 e. The number of hydrogen-bond donors (Lipinski definition) is 1. The quantitative estimate of drug-likeness (QED) is 0.579. The summed E-state index contributed by atoms with van der Waals surface area (Å²) in [5.41, 5.74) is -0.608. The first-order valence-electron chi connectivity index (χ1n) is 5.51. The van der Waals surface area contributed by atoms with Crippen molar-refractivity contribution in [2.45, 2.75) is 55.7 Å². The molecule has 1 aliphatic rings. The molecule has 1 rings (SSSR count). The number of ether oxygens (including phenoxy) is 1. The van der Waals surface area contributed by atoms with Crippen LogP contribution in [0.3, 0.4) is 0 Å². The summed E-state index contributed by atoms with van der Waals surface area (Å²) in [5.74, 6) is -0.970. The van der Waals surface area contributed by atoms with Gasteiger partial charge < -0.3 is 9.84 Å². The Labute approximate surface area is 115 Å². The van der Waals surface area contributed by atoms with Gasteiger partial charge in [-0.2, -0.15) is 0 Å². The Balaban J connectivity index is 2.85. The fourth-order valence-corrected chi connectivity index (χ4v) is 2.64. The third-order valence-corrected chi connectivity index (χ3v) is 4.19. The van der Waals surface area contributed by atoms with E-state index in [1.807, 2.05) is 6.92 Å². The smallest absolute Gasteiger partial charge is 0.411 e. The van der Waals surface area contributed by atoms with Gasteiger partial charge in [-0.15, -0.1) is 0 Å². The Morgan fingerprint density at radius 3 is 2.35 bits per heavy atom. The third-order valence-electron chi connectivity index (χ3n) is 2.64. The van der Waals surface area contributed by atoms with Crippen molar-refractivity contribution in [3.05, 3.63) is 0 Å². The molecular formula is C11H18INO4. The van der Waals surface area contributed by atoms with Crippen LogP contribution in [0.1, 0.15) is 34.1 Å².